The van der Waals surface area contributed by atoms with Gasteiger partial charge in [-0.05, 0) is 63.0 Å². The van der Waals surface area contributed by atoms with E-state index in [1.807, 2.05) is 30.5 Å². The van der Waals surface area contributed by atoms with Crippen LogP contribution in [0.25, 0.3) is 11.4 Å². The second-order valence-electron chi connectivity index (χ2n) is 8.08. The van der Waals surface area contributed by atoms with Crippen molar-refractivity contribution in [3.05, 3.63) is 30.6 Å². The van der Waals surface area contributed by atoms with Crippen LogP contribution in [0.1, 0.15) is 39.5 Å². The summed E-state index contributed by atoms with van der Waals surface area (Å²) in [6, 6.07) is 7.34. The van der Waals surface area contributed by atoms with E-state index >= 15 is 0 Å². The molecule has 1 aromatic heterocycles. The molecule has 0 spiro atoms. The second kappa shape index (κ2) is 7.73. The molecule has 4 rings (SSSR count). The molecule has 2 aromatic rings. The number of nitrogens with zero attached hydrogens (tertiary/aromatic N) is 3. The number of rotatable bonds is 5. The van der Waals surface area contributed by atoms with E-state index in [1.165, 1.54) is 25.7 Å². The molecule has 2 bridgehead atoms. The minimum absolute atomic E-state index is 0.0305. The minimum Gasteiger partial charge on any atom is -0.345 e. The zero-order valence-electron chi connectivity index (χ0n) is 16.4. The number of aryl methyl sites for hydroxylation is 1. The fraction of sp³-hybridized carbons (Fsp3) is 0.524. The summed E-state index contributed by atoms with van der Waals surface area (Å²) in [4.78, 5) is 24.8. The van der Waals surface area contributed by atoms with Crippen molar-refractivity contribution in [1.29, 1.82) is 0 Å². The number of hydrogen-bond donors (Lipinski definition) is 2. The molecule has 0 unspecified atom stereocenters. The first-order valence-corrected chi connectivity index (χ1v) is 10.1. The topological polar surface area (TPSA) is 88.9 Å². The number of benzene rings is 1. The molecule has 2 fully saturated rings. The summed E-state index contributed by atoms with van der Waals surface area (Å²) >= 11 is 0. The zero-order chi connectivity index (χ0) is 19.7. The van der Waals surface area contributed by atoms with Crippen LogP contribution in [0.4, 0.5) is 5.69 Å². The molecule has 0 radical (unpaired) electrons. The van der Waals surface area contributed by atoms with E-state index in [4.69, 9.17) is 0 Å². The zero-order valence-corrected chi connectivity index (χ0v) is 16.4. The molecule has 0 aliphatic heterocycles. The van der Waals surface area contributed by atoms with Gasteiger partial charge in [0.25, 0.3) is 0 Å². The van der Waals surface area contributed by atoms with Gasteiger partial charge in [-0.3, -0.25) is 9.59 Å². The highest BCUT2D eigenvalue weighted by atomic mass is 16.2. The van der Waals surface area contributed by atoms with Gasteiger partial charge >= 0.3 is 11.8 Å². The molecule has 2 amide bonds. The van der Waals surface area contributed by atoms with Crippen LogP contribution in [0.2, 0.25) is 0 Å². The van der Waals surface area contributed by atoms with Crippen LogP contribution in [0.3, 0.4) is 0 Å². The van der Waals surface area contributed by atoms with Crippen LogP contribution in [0.5, 0.6) is 0 Å². The lowest BCUT2D eigenvalue weighted by Gasteiger charge is -2.28. The summed E-state index contributed by atoms with van der Waals surface area (Å²) in [5, 5.41) is 13.7. The lowest BCUT2D eigenvalue weighted by atomic mass is 9.84. The van der Waals surface area contributed by atoms with Crippen LogP contribution in [-0.2, 0) is 16.1 Å². The van der Waals surface area contributed by atoms with Crippen molar-refractivity contribution in [2.45, 2.75) is 52.1 Å². The van der Waals surface area contributed by atoms with Crippen molar-refractivity contribution in [2.24, 2.45) is 17.8 Å². The van der Waals surface area contributed by atoms with Crippen molar-refractivity contribution in [3.63, 3.8) is 0 Å². The Morgan fingerprint density at radius 1 is 1.25 bits per heavy atom. The molecule has 2 aliphatic rings. The minimum atomic E-state index is -0.635. The number of hydrogen-bond acceptors (Lipinski definition) is 4. The summed E-state index contributed by atoms with van der Waals surface area (Å²) in [5.74, 6) is 1.54. The van der Waals surface area contributed by atoms with Gasteiger partial charge in [0.05, 0.1) is 0 Å². The number of fused-ring (bicyclic) bond motifs is 2. The normalized spacial score (nSPS) is 24.1. The maximum Gasteiger partial charge on any atom is 0.313 e. The summed E-state index contributed by atoms with van der Waals surface area (Å²) < 4.78 is 1.92. The summed E-state index contributed by atoms with van der Waals surface area (Å²) in [6.07, 6.45) is 6.71. The fourth-order valence-electron chi connectivity index (χ4n) is 4.92. The van der Waals surface area contributed by atoms with Crippen LogP contribution in [0, 0.1) is 17.8 Å². The van der Waals surface area contributed by atoms with E-state index in [0.29, 0.717) is 17.5 Å². The van der Waals surface area contributed by atoms with Crippen molar-refractivity contribution < 1.29 is 9.59 Å². The molecule has 1 heterocycles. The van der Waals surface area contributed by atoms with Gasteiger partial charge in [-0.1, -0.05) is 18.6 Å². The third-order valence-corrected chi connectivity index (χ3v) is 6.33. The van der Waals surface area contributed by atoms with Crippen molar-refractivity contribution in [1.82, 2.24) is 20.1 Å². The summed E-state index contributed by atoms with van der Waals surface area (Å²) in [7, 11) is 0. The van der Waals surface area contributed by atoms with Gasteiger partial charge in [-0.2, -0.15) is 0 Å². The molecule has 2 saturated carbocycles. The standard InChI is InChI=1S/C21H27N5O2/c1-3-26-12-22-25-19(26)16-5-4-6-17(11-16)24-21(28)20(27)23-13(2)18-10-14-7-8-15(18)9-14/h4-6,11-15,18H,3,7-10H2,1-2H3,(H,23,27)(H,24,28)/t13-,14-,15-,18+/m0/s1. The molecular weight excluding hydrogens is 354 g/mol. The molecule has 2 aliphatic carbocycles. The average Bonchev–Trinajstić information content (AvgIpc) is 3.44. The lowest BCUT2D eigenvalue weighted by Crippen LogP contribution is -2.45. The highest BCUT2D eigenvalue weighted by Crippen LogP contribution is 2.49. The van der Waals surface area contributed by atoms with Crippen molar-refractivity contribution >= 4 is 17.5 Å². The molecule has 7 nitrogen and oxygen atoms in total. The van der Waals surface area contributed by atoms with E-state index in [2.05, 4.69) is 20.8 Å². The van der Waals surface area contributed by atoms with Gasteiger partial charge < -0.3 is 15.2 Å². The Balaban J connectivity index is 1.38. The highest BCUT2D eigenvalue weighted by Gasteiger charge is 2.42. The van der Waals surface area contributed by atoms with E-state index < -0.39 is 11.8 Å². The number of anilines is 1. The third-order valence-electron chi connectivity index (χ3n) is 6.33. The smallest absolute Gasteiger partial charge is 0.313 e. The first-order chi connectivity index (χ1) is 13.5. The Kier molecular flexibility index (Phi) is 5.15. The number of aromatic nitrogens is 3. The molecule has 0 saturated heterocycles. The molecular formula is C21H27N5O2. The summed E-state index contributed by atoms with van der Waals surface area (Å²) in [5.41, 5.74) is 1.41. The maximum atomic E-state index is 12.4. The van der Waals surface area contributed by atoms with Crippen molar-refractivity contribution in [3.8, 4) is 11.4 Å². The number of carbonyl (C=O) groups is 2. The maximum absolute atomic E-state index is 12.4. The first kappa shape index (κ1) is 18.7. The molecule has 7 heteroatoms. The van der Waals surface area contributed by atoms with E-state index in [-0.39, 0.29) is 6.04 Å². The molecule has 2 N–H and O–H groups in total. The van der Waals surface area contributed by atoms with E-state index in [9.17, 15) is 9.59 Å². The van der Waals surface area contributed by atoms with Gasteiger partial charge in [-0.25, -0.2) is 0 Å². The predicted octanol–water partition coefficient (Wildman–Crippen LogP) is 2.84. The fourth-order valence-corrected chi connectivity index (χ4v) is 4.92. The number of nitrogens with one attached hydrogen (secondary N) is 2. The monoisotopic (exact) mass is 381 g/mol. The quantitative estimate of drug-likeness (QED) is 0.780. The second-order valence-corrected chi connectivity index (χ2v) is 8.08. The predicted molar refractivity (Wildman–Crippen MR) is 106 cm³/mol. The van der Waals surface area contributed by atoms with Gasteiger partial charge in [-0.15, -0.1) is 10.2 Å². The van der Waals surface area contributed by atoms with Crippen LogP contribution in [-0.4, -0.2) is 32.6 Å². The van der Waals surface area contributed by atoms with Gasteiger partial charge in [0.15, 0.2) is 5.82 Å². The number of amides is 2. The average molecular weight is 381 g/mol. The SMILES string of the molecule is CCn1cnnc1-c1cccc(NC(=O)C(=O)N[C@@H](C)[C@H]2C[C@H]3CC[C@H]2C3)c1. The first-order valence-electron chi connectivity index (χ1n) is 10.1. The Morgan fingerprint density at radius 2 is 2.11 bits per heavy atom. The van der Waals surface area contributed by atoms with E-state index in [1.54, 1.807) is 18.5 Å². The molecule has 28 heavy (non-hydrogen) atoms. The van der Waals surface area contributed by atoms with Gasteiger partial charge in [0.2, 0.25) is 0 Å². The van der Waals surface area contributed by atoms with Gasteiger partial charge in [0, 0.05) is 23.8 Å². The van der Waals surface area contributed by atoms with Crippen molar-refractivity contribution in [2.75, 3.05) is 5.32 Å². The molecule has 1 aromatic carbocycles. The molecule has 148 valence electrons. The van der Waals surface area contributed by atoms with Crippen LogP contribution < -0.4 is 10.6 Å². The highest BCUT2D eigenvalue weighted by molar-refractivity contribution is 6.39. The molecule has 4 atom stereocenters. The van der Waals surface area contributed by atoms with E-state index in [0.717, 1.165) is 23.9 Å². The lowest BCUT2D eigenvalue weighted by molar-refractivity contribution is -0.136. The Bertz CT molecular complexity index is 877. The largest absolute Gasteiger partial charge is 0.345 e. The summed E-state index contributed by atoms with van der Waals surface area (Å²) in [6.45, 7) is 4.79. The Labute approximate surface area is 164 Å². The Hall–Kier alpha value is -2.70. The van der Waals surface area contributed by atoms with Gasteiger partial charge in [0.1, 0.15) is 6.33 Å². The Morgan fingerprint density at radius 3 is 2.82 bits per heavy atom. The van der Waals surface area contributed by atoms with Crippen LogP contribution >= 0.6 is 0 Å². The van der Waals surface area contributed by atoms with Crippen LogP contribution in [0.15, 0.2) is 30.6 Å². The number of carbonyl (C=O) groups excluding carboxylic acids is 2. The third kappa shape index (κ3) is 3.66.